The average molecular weight is 449 g/mol. The Morgan fingerprint density at radius 1 is 1.06 bits per heavy atom. The molecule has 0 atom stereocenters. The summed E-state index contributed by atoms with van der Waals surface area (Å²) in [6.07, 6.45) is 2.12. The SMILES string of the molecule is COc1ccc(CCN(C(=O)c2ccco2)c2nc(-c3ccc(C)cc3)cs2)cc1OC. The minimum Gasteiger partial charge on any atom is -0.493 e. The van der Waals surface area contributed by atoms with Crippen LogP contribution >= 0.6 is 11.3 Å². The summed E-state index contributed by atoms with van der Waals surface area (Å²) in [6.45, 7) is 2.49. The molecule has 0 aliphatic rings. The fourth-order valence-corrected chi connectivity index (χ4v) is 4.20. The van der Waals surface area contributed by atoms with Crippen LogP contribution in [0.5, 0.6) is 11.5 Å². The van der Waals surface area contributed by atoms with E-state index in [2.05, 4.69) is 12.1 Å². The highest BCUT2D eigenvalue weighted by molar-refractivity contribution is 7.14. The maximum absolute atomic E-state index is 13.2. The topological polar surface area (TPSA) is 64.8 Å². The number of carbonyl (C=O) groups is 1. The first kappa shape index (κ1) is 21.6. The lowest BCUT2D eigenvalue weighted by molar-refractivity contribution is 0.0960. The first-order valence-corrected chi connectivity index (χ1v) is 11.1. The van der Waals surface area contributed by atoms with Crippen molar-refractivity contribution in [1.29, 1.82) is 0 Å². The molecule has 7 heteroatoms. The zero-order valence-corrected chi connectivity index (χ0v) is 19.0. The lowest BCUT2D eigenvalue weighted by Crippen LogP contribution is -2.32. The Morgan fingerprint density at radius 3 is 2.53 bits per heavy atom. The number of anilines is 1. The number of benzene rings is 2. The van der Waals surface area contributed by atoms with Crippen LogP contribution in [0.2, 0.25) is 0 Å². The van der Waals surface area contributed by atoms with Crippen LogP contribution in [0.25, 0.3) is 11.3 Å². The number of furan rings is 1. The lowest BCUT2D eigenvalue weighted by atomic mass is 10.1. The summed E-state index contributed by atoms with van der Waals surface area (Å²) in [4.78, 5) is 19.6. The fraction of sp³-hybridized carbons (Fsp3) is 0.200. The zero-order chi connectivity index (χ0) is 22.5. The smallest absolute Gasteiger partial charge is 0.295 e. The molecule has 0 aliphatic carbocycles. The van der Waals surface area contributed by atoms with E-state index in [1.807, 2.05) is 42.6 Å². The molecule has 0 saturated heterocycles. The summed E-state index contributed by atoms with van der Waals surface area (Å²) in [5, 5.41) is 2.60. The molecule has 0 bridgehead atoms. The Morgan fingerprint density at radius 2 is 1.84 bits per heavy atom. The number of aryl methyl sites for hydroxylation is 1. The summed E-state index contributed by atoms with van der Waals surface area (Å²) < 4.78 is 16.1. The van der Waals surface area contributed by atoms with Crippen LogP contribution in [0.1, 0.15) is 21.7 Å². The van der Waals surface area contributed by atoms with Gasteiger partial charge in [0, 0.05) is 17.5 Å². The predicted molar refractivity (Wildman–Crippen MR) is 126 cm³/mol. The molecule has 32 heavy (non-hydrogen) atoms. The molecule has 0 saturated carbocycles. The predicted octanol–water partition coefficient (Wildman–Crippen LogP) is 5.62. The normalized spacial score (nSPS) is 10.7. The first-order valence-electron chi connectivity index (χ1n) is 10.2. The van der Waals surface area contributed by atoms with E-state index in [1.165, 1.54) is 23.2 Å². The molecule has 4 rings (SSSR count). The molecule has 2 heterocycles. The van der Waals surface area contributed by atoms with Crippen molar-refractivity contribution in [2.24, 2.45) is 0 Å². The lowest BCUT2D eigenvalue weighted by Gasteiger charge is -2.19. The molecule has 0 unspecified atom stereocenters. The molecule has 0 radical (unpaired) electrons. The van der Waals surface area contributed by atoms with Crippen molar-refractivity contribution < 1.29 is 18.7 Å². The van der Waals surface area contributed by atoms with Crippen LogP contribution in [-0.4, -0.2) is 31.7 Å². The number of carbonyl (C=O) groups excluding carboxylic acids is 1. The monoisotopic (exact) mass is 448 g/mol. The highest BCUT2D eigenvalue weighted by atomic mass is 32.1. The number of hydrogen-bond donors (Lipinski definition) is 0. The third-order valence-corrected chi connectivity index (χ3v) is 5.98. The van der Waals surface area contributed by atoms with Crippen molar-refractivity contribution in [1.82, 2.24) is 4.98 Å². The zero-order valence-electron chi connectivity index (χ0n) is 18.2. The van der Waals surface area contributed by atoms with Gasteiger partial charge in [-0.25, -0.2) is 4.98 Å². The van der Waals surface area contributed by atoms with Gasteiger partial charge >= 0.3 is 0 Å². The van der Waals surface area contributed by atoms with E-state index >= 15 is 0 Å². The van der Waals surface area contributed by atoms with Crippen LogP contribution in [-0.2, 0) is 6.42 Å². The van der Waals surface area contributed by atoms with Crippen LogP contribution in [0, 0.1) is 6.92 Å². The van der Waals surface area contributed by atoms with Gasteiger partial charge in [-0.3, -0.25) is 9.69 Å². The number of thiazole rings is 1. The molecular weight excluding hydrogens is 424 g/mol. The minimum absolute atomic E-state index is 0.222. The summed E-state index contributed by atoms with van der Waals surface area (Å²) >= 11 is 1.44. The van der Waals surface area contributed by atoms with Gasteiger partial charge < -0.3 is 13.9 Å². The third-order valence-electron chi connectivity index (χ3n) is 5.12. The molecule has 4 aromatic rings. The molecule has 0 aliphatic heterocycles. The molecular formula is C25H24N2O4S. The molecule has 0 spiro atoms. The van der Waals surface area contributed by atoms with Crippen molar-refractivity contribution in [3.63, 3.8) is 0 Å². The van der Waals surface area contributed by atoms with E-state index in [0.717, 1.165) is 16.8 Å². The van der Waals surface area contributed by atoms with Gasteiger partial charge in [-0.15, -0.1) is 11.3 Å². The minimum atomic E-state index is -0.222. The summed E-state index contributed by atoms with van der Waals surface area (Å²) in [6, 6.07) is 17.3. The Bertz CT molecular complexity index is 1180. The van der Waals surface area contributed by atoms with E-state index in [1.54, 1.807) is 31.3 Å². The molecule has 6 nitrogen and oxygen atoms in total. The largest absolute Gasteiger partial charge is 0.493 e. The second kappa shape index (κ2) is 9.70. The number of nitrogens with zero attached hydrogens (tertiary/aromatic N) is 2. The van der Waals surface area contributed by atoms with Gasteiger partial charge in [0.2, 0.25) is 0 Å². The summed E-state index contributed by atoms with van der Waals surface area (Å²) in [5.41, 5.74) is 4.07. The molecule has 164 valence electrons. The number of amides is 1. The molecule has 2 aromatic heterocycles. The highest BCUT2D eigenvalue weighted by Crippen LogP contribution is 2.30. The third kappa shape index (κ3) is 4.68. The van der Waals surface area contributed by atoms with Crippen molar-refractivity contribution in [3.05, 3.63) is 83.1 Å². The second-order valence-corrected chi connectivity index (χ2v) is 8.09. The molecule has 1 amide bonds. The highest BCUT2D eigenvalue weighted by Gasteiger charge is 2.23. The fourth-order valence-electron chi connectivity index (χ4n) is 3.34. The Kier molecular flexibility index (Phi) is 6.56. The number of ether oxygens (including phenoxy) is 2. The van der Waals surface area contributed by atoms with E-state index in [9.17, 15) is 4.79 Å². The van der Waals surface area contributed by atoms with Crippen molar-refractivity contribution >= 4 is 22.4 Å². The van der Waals surface area contributed by atoms with Crippen molar-refractivity contribution in [2.75, 3.05) is 25.7 Å². The van der Waals surface area contributed by atoms with E-state index in [0.29, 0.717) is 29.6 Å². The van der Waals surface area contributed by atoms with Gasteiger partial charge in [0.1, 0.15) is 0 Å². The van der Waals surface area contributed by atoms with E-state index in [-0.39, 0.29) is 11.7 Å². The maximum Gasteiger partial charge on any atom is 0.295 e. The molecule has 2 aromatic carbocycles. The summed E-state index contributed by atoms with van der Waals surface area (Å²) in [5.74, 6) is 1.39. The van der Waals surface area contributed by atoms with Crippen LogP contribution in [0.15, 0.2) is 70.7 Å². The Balaban J connectivity index is 1.60. The Labute approximate surface area is 191 Å². The standard InChI is InChI=1S/C25H24N2O4S/c1-17-6-9-19(10-7-17)20-16-32-25(26-20)27(24(28)22-5-4-14-31-22)13-12-18-8-11-21(29-2)23(15-18)30-3/h4-11,14-16H,12-13H2,1-3H3. The van der Waals surface area contributed by atoms with Gasteiger partial charge in [0.25, 0.3) is 5.91 Å². The van der Waals surface area contributed by atoms with Gasteiger partial charge in [0.05, 0.1) is 26.2 Å². The van der Waals surface area contributed by atoms with E-state index in [4.69, 9.17) is 18.9 Å². The van der Waals surface area contributed by atoms with Gasteiger partial charge in [-0.2, -0.15) is 0 Å². The number of aromatic nitrogens is 1. The second-order valence-electron chi connectivity index (χ2n) is 7.25. The average Bonchev–Trinajstić information content (AvgIpc) is 3.52. The number of methoxy groups -OCH3 is 2. The van der Waals surface area contributed by atoms with Crippen LogP contribution in [0.3, 0.4) is 0 Å². The quantitative estimate of drug-likeness (QED) is 0.350. The first-order chi connectivity index (χ1) is 15.6. The Hall–Kier alpha value is -3.58. The van der Waals surface area contributed by atoms with Crippen LogP contribution < -0.4 is 14.4 Å². The van der Waals surface area contributed by atoms with Gasteiger partial charge in [0.15, 0.2) is 22.4 Å². The summed E-state index contributed by atoms with van der Waals surface area (Å²) in [7, 11) is 3.21. The number of rotatable bonds is 8. The molecule has 0 N–H and O–H groups in total. The maximum atomic E-state index is 13.2. The van der Waals surface area contributed by atoms with Crippen molar-refractivity contribution in [2.45, 2.75) is 13.3 Å². The van der Waals surface area contributed by atoms with Crippen LogP contribution in [0.4, 0.5) is 5.13 Å². The van der Waals surface area contributed by atoms with Crippen molar-refractivity contribution in [3.8, 4) is 22.8 Å². The van der Waals surface area contributed by atoms with E-state index < -0.39 is 0 Å². The van der Waals surface area contributed by atoms with Gasteiger partial charge in [-0.1, -0.05) is 35.9 Å². The van der Waals surface area contributed by atoms with Gasteiger partial charge in [-0.05, 0) is 43.2 Å². The molecule has 0 fully saturated rings. The number of hydrogen-bond acceptors (Lipinski definition) is 6.